The largest absolute Gasteiger partial charge is 0.496 e. The minimum atomic E-state index is -1.04. The monoisotopic (exact) mass is 826 g/mol. The minimum Gasteiger partial charge on any atom is -0.496 e. The smallest absolute Gasteiger partial charge is 0.266 e. The van der Waals surface area contributed by atoms with Crippen molar-refractivity contribution < 1.29 is 38.2 Å². The number of hydrogen-bond donors (Lipinski definition) is 2. The molecule has 0 aliphatic carbocycles. The number of aryl methyl sites for hydroxylation is 1. The van der Waals surface area contributed by atoms with Gasteiger partial charge in [-0.05, 0) is 102 Å². The van der Waals surface area contributed by atoms with Crippen LogP contribution in [0.15, 0.2) is 47.4 Å². The number of imide groups is 2. The van der Waals surface area contributed by atoms with Gasteiger partial charge in [0, 0.05) is 38.3 Å². The SMILES string of the molecule is COc1cc(-c2cn(C)c(=O)c3cc(NC(=O)C4CCCN(CCCCCOc5cccc6c5C(=O)N(C5CCC(=O)NC5=O)C6=O)C4)sc23)cc(OC)c1CN(C)C. The molecule has 2 aromatic carbocycles. The zero-order valence-electron chi connectivity index (χ0n) is 34.1. The fourth-order valence-corrected chi connectivity index (χ4v) is 9.31. The number of rotatable bonds is 15. The summed E-state index contributed by atoms with van der Waals surface area (Å²) in [6, 6.07) is 9.50. The summed E-state index contributed by atoms with van der Waals surface area (Å²) >= 11 is 1.38. The number of thiophene rings is 1. The highest BCUT2D eigenvalue weighted by Crippen LogP contribution is 2.41. The average molecular weight is 827 g/mol. The van der Waals surface area contributed by atoms with Gasteiger partial charge in [-0.3, -0.25) is 39.0 Å². The molecule has 2 N–H and O–H groups in total. The summed E-state index contributed by atoms with van der Waals surface area (Å²) in [7, 11) is 8.94. The molecular formula is C43H50N6O9S. The summed E-state index contributed by atoms with van der Waals surface area (Å²) in [5.74, 6) is -0.836. The van der Waals surface area contributed by atoms with E-state index >= 15 is 0 Å². The van der Waals surface area contributed by atoms with Crippen LogP contribution in [-0.2, 0) is 28.0 Å². The molecular weight excluding hydrogens is 777 g/mol. The van der Waals surface area contributed by atoms with Crippen LogP contribution in [0.1, 0.15) is 71.2 Å². The topological polar surface area (TPSA) is 169 Å². The number of anilines is 1. The molecule has 5 heterocycles. The standard InChI is InChI=1S/C43H50N6O9S/c1-46(2)23-30-33(56-4)19-26(20-34(30)57-5)29-24-47(3)41(53)28-21-36(59-38(28)29)45-39(51)25-11-10-17-48(22-25)16-7-6-8-18-58-32-13-9-12-27-37(32)43(55)49(42(27)54)31-14-15-35(50)44-40(31)52/h9,12-13,19-21,24-25,31H,6-8,10-11,14-18,22-23H2,1-5H3,(H,45,51)(H,44,50,52). The van der Waals surface area contributed by atoms with Gasteiger partial charge in [0.1, 0.15) is 23.3 Å². The molecule has 2 saturated heterocycles. The van der Waals surface area contributed by atoms with Gasteiger partial charge in [-0.1, -0.05) is 6.07 Å². The molecule has 4 aromatic rings. The number of hydrogen-bond acceptors (Lipinski definition) is 12. The lowest BCUT2D eigenvalue weighted by molar-refractivity contribution is -0.136. The summed E-state index contributed by atoms with van der Waals surface area (Å²) in [5, 5.41) is 6.48. The molecule has 2 fully saturated rings. The average Bonchev–Trinajstić information content (AvgIpc) is 3.75. The van der Waals surface area contributed by atoms with Gasteiger partial charge in [0.2, 0.25) is 17.7 Å². The van der Waals surface area contributed by atoms with Crippen molar-refractivity contribution in [2.75, 3.05) is 59.9 Å². The van der Waals surface area contributed by atoms with E-state index in [0.29, 0.717) is 53.8 Å². The highest BCUT2D eigenvalue weighted by molar-refractivity contribution is 7.23. The van der Waals surface area contributed by atoms with E-state index < -0.39 is 29.7 Å². The Balaban J connectivity index is 0.930. The van der Waals surface area contributed by atoms with Crippen LogP contribution in [0.25, 0.3) is 21.2 Å². The number of carbonyl (C=O) groups is 5. The van der Waals surface area contributed by atoms with E-state index in [2.05, 4.69) is 15.5 Å². The molecule has 16 heteroatoms. The quantitative estimate of drug-likeness (QED) is 0.127. The van der Waals surface area contributed by atoms with E-state index in [4.69, 9.17) is 14.2 Å². The normalized spacial score (nSPS) is 18.4. The number of nitrogens with zero attached hydrogens (tertiary/aromatic N) is 4. The Morgan fingerprint density at radius 3 is 2.42 bits per heavy atom. The first-order valence-corrected chi connectivity index (χ1v) is 20.7. The van der Waals surface area contributed by atoms with Crippen molar-refractivity contribution in [2.24, 2.45) is 13.0 Å². The molecule has 0 radical (unpaired) electrons. The molecule has 59 heavy (non-hydrogen) atoms. The van der Waals surface area contributed by atoms with Gasteiger partial charge in [0.25, 0.3) is 17.4 Å². The molecule has 312 valence electrons. The summed E-state index contributed by atoms with van der Waals surface area (Å²) in [6.07, 6.45) is 6.08. The second kappa shape index (κ2) is 17.7. The Hall–Kier alpha value is -5.58. The lowest BCUT2D eigenvalue weighted by Gasteiger charge is -2.31. The van der Waals surface area contributed by atoms with E-state index in [1.54, 1.807) is 50.1 Å². The molecule has 5 amide bonds. The third-order valence-electron chi connectivity index (χ3n) is 11.2. The Morgan fingerprint density at radius 2 is 1.71 bits per heavy atom. The number of unbranched alkanes of at least 4 members (excludes halogenated alkanes) is 2. The van der Waals surface area contributed by atoms with Crippen LogP contribution in [-0.4, -0.2) is 109 Å². The number of benzene rings is 2. The van der Waals surface area contributed by atoms with Crippen LogP contribution in [0.2, 0.25) is 0 Å². The van der Waals surface area contributed by atoms with E-state index in [9.17, 15) is 28.8 Å². The van der Waals surface area contributed by atoms with Crippen LogP contribution in [0, 0.1) is 5.92 Å². The molecule has 0 bridgehead atoms. The zero-order chi connectivity index (χ0) is 42.0. The Morgan fingerprint density at radius 1 is 0.949 bits per heavy atom. The molecule has 2 atom stereocenters. The maximum absolute atomic E-state index is 13.7. The number of fused-ring (bicyclic) bond motifs is 2. The number of piperidine rings is 2. The Labute approximate surface area is 346 Å². The summed E-state index contributed by atoms with van der Waals surface area (Å²) in [6.45, 7) is 3.32. The predicted octanol–water partition coefficient (Wildman–Crippen LogP) is 4.65. The Kier molecular flexibility index (Phi) is 12.5. The fourth-order valence-electron chi connectivity index (χ4n) is 8.23. The lowest BCUT2D eigenvalue weighted by Crippen LogP contribution is -2.54. The number of methoxy groups -OCH3 is 2. The second-order valence-electron chi connectivity index (χ2n) is 15.6. The molecule has 7 rings (SSSR count). The van der Waals surface area contributed by atoms with E-state index in [-0.39, 0.29) is 41.4 Å². The molecule has 15 nitrogen and oxygen atoms in total. The summed E-state index contributed by atoms with van der Waals surface area (Å²) in [5.41, 5.74) is 2.78. The van der Waals surface area contributed by atoms with Crippen molar-refractivity contribution in [1.82, 2.24) is 24.6 Å². The second-order valence-corrected chi connectivity index (χ2v) is 16.6. The highest BCUT2D eigenvalue weighted by atomic mass is 32.1. The van der Waals surface area contributed by atoms with Crippen molar-refractivity contribution in [1.29, 1.82) is 0 Å². The lowest BCUT2D eigenvalue weighted by atomic mass is 9.97. The zero-order valence-corrected chi connectivity index (χ0v) is 34.9. The number of carbonyl (C=O) groups excluding carboxylic acids is 5. The summed E-state index contributed by atoms with van der Waals surface area (Å²) < 4.78 is 19.9. The first-order chi connectivity index (χ1) is 28.4. The van der Waals surface area contributed by atoms with Crippen molar-refractivity contribution in [3.05, 3.63) is 69.6 Å². The molecule has 3 aliphatic rings. The van der Waals surface area contributed by atoms with Gasteiger partial charge in [-0.2, -0.15) is 0 Å². The summed E-state index contributed by atoms with van der Waals surface area (Å²) in [4.78, 5) is 82.8. The Bertz CT molecular complexity index is 2350. The van der Waals surface area contributed by atoms with Gasteiger partial charge in [0.05, 0.1) is 58.5 Å². The maximum atomic E-state index is 13.7. The first kappa shape index (κ1) is 41.6. The van der Waals surface area contributed by atoms with Crippen LogP contribution in [0.5, 0.6) is 17.2 Å². The molecule has 0 spiro atoms. The minimum absolute atomic E-state index is 0.0527. The predicted molar refractivity (Wildman–Crippen MR) is 223 cm³/mol. The molecule has 2 aromatic heterocycles. The van der Waals surface area contributed by atoms with Crippen LogP contribution < -0.4 is 30.4 Å². The van der Waals surface area contributed by atoms with Crippen molar-refractivity contribution >= 4 is 56.0 Å². The highest BCUT2D eigenvalue weighted by Gasteiger charge is 2.46. The number of amides is 5. The van der Waals surface area contributed by atoms with Crippen molar-refractivity contribution in [3.8, 4) is 28.4 Å². The number of ether oxygens (including phenoxy) is 3. The first-order valence-electron chi connectivity index (χ1n) is 19.9. The van der Waals surface area contributed by atoms with E-state index in [1.807, 2.05) is 37.3 Å². The van der Waals surface area contributed by atoms with Crippen LogP contribution in [0.3, 0.4) is 0 Å². The van der Waals surface area contributed by atoms with Gasteiger partial charge >= 0.3 is 0 Å². The van der Waals surface area contributed by atoms with Gasteiger partial charge < -0.3 is 33.9 Å². The van der Waals surface area contributed by atoms with E-state index in [0.717, 1.165) is 65.1 Å². The molecule has 0 saturated carbocycles. The number of pyridine rings is 1. The number of nitrogens with one attached hydrogen (secondary N) is 2. The van der Waals surface area contributed by atoms with Gasteiger partial charge in [-0.25, -0.2) is 0 Å². The molecule has 2 unspecified atom stereocenters. The van der Waals surface area contributed by atoms with Crippen molar-refractivity contribution in [2.45, 2.75) is 57.5 Å². The third-order valence-corrected chi connectivity index (χ3v) is 12.3. The number of aromatic nitrogens is 1. The van der Waals surface area contributed by atoms with Crippen molar-refractivity contribution in [3.63, 3.8) is 0 Å². The van der Waals surface area contributed by atoms with Crippen LogP contribution >= 0.6 is 11.3 Å². The maximum Gasteiger partial charge on any atom is 0.266 e. The van der Waals surface area contributed by atoms with Gasteiger partial charge in [0.15, 0.2) is 0 Å². The van der Waals surface area contributed by atoms with Crippen LogP contribution in [0.4, 0.5) is 5.00 Å². The third kappa shape index (κ3) is 8.61. The van der Waals surface area contributed by atoms with E-state index in [1.165, 1.54) is 11.3 Å². The van der Waals surface area contributed by atoms with Gasteiger partial charge in [-0.15, -0.1) is 11.3 Å². The fraction of sp³-hybridized carbons (Fsp3) is 0.442. The number of likely N-dealkylation sites (tertiary alicyclic amines) is 1. The molecule has 3 aliphatic heterocycles.